The predicted molar refractivity (Wildman–Crippen MR) is 93.4 cm³/mol. The number of anilines is 2. The van der Waals surface area contributed by atoms with Crippen LogP contribution in [0.3, 0.4) is 0 Å². The number of hydrogen-bond donors (Lipinski definition) is 1. The highest BCUT2D eigenvalue weighted by Crippen LogP contribution is 2.24. The number of rotatable bonds is 7. The summed E-state index contributed by atoms with van der Waals surface area (Å²) in [6.45, 7) is 8.45. The van der Waals surface area contributed by atoms with Crippen molar-refractivity contribution in [3.05, 3.63) is 48.3 Å². The lowest BCUT2D eigenvalue weighted by Gasteiger charge is -2.20. The number of amides is 1. The number of ether oxygens (including phenoxy) is 1. The Hall–Kier alpha value is -2.56. The molecular weight excluding hydrogens is 290 g/mol. The summed E-state index contributed by atoms with van der Waals surface area (Å²) in [4.78, 5) is 18.8. The van der Waals surface area contributed by atoms with Crippen LogP contribution in [0.15, 0.2) is 42.6 Å². The maximum absolute atomic E-state index is 12.3. The van der Waals surface area contributed by atoms with Gasteiger partial charge in [-0.25, -0.2) is 4.98 Å². The summed E-state index contributed by atoms with van der Waals surface area (Å²) in [5.41, 5.74) is 2.04. The van der Waals surface area contributed by atoms with Crippen molar-refractivity contribution in [1.82, 2.24) is 4.98 Å². The summed E-state index contributed by atoms with van der Waals surface area (Å²) >= 11 is 0. The van der Waals surface area contributed by atoms with Crippen molar-refractivity contribution in [2.24, 2.45) is 0 Å². The van der Waals surface area contributed by atoms with E-state index in [1.807, 2.05) is 37.3 Å². The summed E-state index contributed by atoms with van der Waals surface area (Å²) in [5.74, 6) is 0.409. The number of nitrogens with zero attached hydrogens (tertiary/aromatic N) is 2. The van der Waals surface area contributed by atoms with Crippen molar-refractivity contribution >= 4 is 17.3 Å². The highest BCUT2D eigenvalue weighted by molar-refractivity contribution is 6.03. The lowest BCUT2D eigenvalue weighted by molar-refractivity contribution is 0.102. The van der Waals surface area contributed by atoms with E-state index in [1.54, 1.807) is 12.3 Å². The first-order valence-electron chi connectivity index (χ1n) is 7.93. The van der Waals surface area contributed by atoms with E-state index in [-0.39, 0.29) is 5.91 Å². The largest absolute Gasteiger partial charge is 0.492 e. The monoisotopic (exact) mass is 313 g/mol. The molecule has 0 aliphatic rings. The first kappa shape index (κ1) is 16.8. The van der Waals surface area contributed by atoms with Gasteiger partial charge < -0.3 is 15.0 Å². The van der Waals surface area contributed by atoms with Crippen LogP contribution in [0.25, 0.3) is 0 Å². The molecule has 0 spiro atoms. The van der Waals surface area contributed by atoms with Crippen LogP contribution >= 0.6 is 0 Å². The number of nitrogens with one attached hydrogen (secondary N) is 1. The van der Waals surface area contributed by atoms with Gasteiger partial charge in [-0.05, 0) is 45.0 Å². The zero-order valence-corrected chi connectivity index (χ0v) is 13.9. The lowest BCUT2D eigenvalue weighted by Crippen LogP contribution is -2.22. The standard InChI is InChI=1S/C18H23N3O2/c1-4-21(5-2)14-11-12-16(19-13-14)18(22)20-15-9-7-8-10-17(15)23-6-3/h7-13H,4-6H2,1-3H3,(H,20,22). The van der Waals surface area contributed by atoms with Crippen LogP contribution < -0.4 is 15.0 Å². The Labute approximate surface area is 137 Å². The molecule has 1 N–H and O–H groups in total. The van der Waals surface area contributed by atoms with Gasteiger partial charge in [0.1, 0.15) is 11.4 Å². The molecule has 1 aromatic heterocycles. The van der Waals surface area contributed by atoms with E-state index in [0.29, 0.717) is 23.7 Å². The topological polar surface area (TPSA) is 54.5 Å². The van der Waals surface area contributed by atoms with E-state index in [0.717, 1.165) is 18.8 Å². The SMILES string of the molecule is CCOc1ccccc1NC(=O)c1ccc(N(CC)CC)cn1. The van der Waals surface area contributed by atoms with Crippen molar-refractivity contribution in [1.29, 1.82) is 0 Å². The molecule has 0 unspecified atom stereocenters. The molecular formula is C18H23N3O2. The minimum absolute atomic E-state index is 0.247. The van der Waals surface area contributed by atoms with Crippen molar-refractivity contribution in [2.45, 2.75) is 20.8 Å². The van der Waals surface area contributed by atoms with E-state index >= 15 is 0 Å². The second kappa shape index (κ2) is 8.17. The molecule has 0 saturated heterocycles. The summed E-state index contributed by atoms with van der Waals surface area (Å²) in [5, 5.41) is 2.85. The molecule has 2 rings (SSSR count). The highest BCUT2D eigenvalue weighted by Gasteiger charge is 2.11. The number of pyridine rings is 1. The molecule has 0 aliphatic heterocycles. The van der Waals surface area contributed by atoms with E-state index in [4.69, 9.17) is 4.74 Å². The number of benzene rings is 1. The van der Waals surface area contributed by atoms with Crippen molar-refractivity contribution < 1.29 is 9.53 Å². The van der Waals surface area contributed by atoms with Gasteiger partial charge in [-0.2, -0.15) is 0 Å². The third kappa shape index (κ3) is 4.22. The van der Waals surface area contributed by atoms with Gasteiger partial charge in [0.15, 0.2) is 0 Å². The molecule has 122 valence electrons. The fraction of sp³-hybridized carbons (Fsp3) is 0.333. The van der Waals surface area contributed by atoms with Crippen LogP contribution in [0.2, 0.25) is 0 Å². The number of para-hydroxylation sites is 2. The van der Waals surface area contributed by atoms with E-state index in [9.17, 15) is 4.79 Å². The quantitative estimate of drug-likeness (QED) is 0.849. The van der Waals surface area contributed by atoms with Crippen LogP contribution in [0.1, 0.15) is 31.3 Å². The fourth-order valence-electron chi connectivity index (χ4n) is 2.33. The molecule has 0 bridgehead atoms. The van der Waals surface area contributed by atoms with Gasteiger partial charge in [-0.1, -0.05) is 12.1 Å². The second-order valence-electron chi connectivity index (χ2n) is 4.96. The highest BCUT2D eigenvalue weighted by atomic mass is 16.5. The average molecular weight is 313 g/mol. The summed E-state index contributed by atoms with van der Waals surface area (Å²) < 4.78 is 5.51. The summed E-state index contributed by atoms with van der Waals surface area (Å²) in [6.07, 6.45) is 1.73. The molecule has 0 saturated carbocycles. The summed E-state index contributed by atoms with van der Waals surface area (Å²) in [6, 6.07) is 11.0. The lowest BCUT2D eigenvalue weighted by atomic mass is 10.2. The Bertz CT molecular complexity index is 637. The van der Waals surface area contributed by atoms with Crippen LogP contribution in [0.5, 0.6) is 5.75 Å². The van der Waals surface area contributed by atoms with E-state index in [2.05, 4.69) is 29.0 Å². The molecule has 0 radical (unpaired) electrons. The Morgan fingerprint density at radius 1 is 1.13 bits per heavy atom. The Morgan fingerprint density at radius 3 is 2.48 bits per heavy atom. The Balaban J connectivity index is 2.12. The van der Waals surface area contributed by atoms with Gasteiger partial charge in [0, 0.05) is 13.1 Å². The zero-order chi connectivity index (χ0) is 16.7. The van der Waals surface area contributed by atoms with Crippen LogP contribution in [0, 0.1) is 0 Å². The Morgan fingerprint density at radius 2 is 1.87 bits per heavy atom. The summed E-state index contributed by atoms with van der Waals surface area (Å²) in [7, 11) is 0. The van der Waals surface area contributed by atoms with Gasteiger partial charge >= 0.3 is 0 Å². The fourth-order valence-corrected chi connectivity index (χ4v) is 2.33. The first-order chi connectivity index (χ1) is 11.2. The molecule has 1 amide bonds. The number of aromatic nitrogens is 1. The van der Waals surface area contributed by atoms with Crippen molar-refractivity contribution in [3.63, 3.8) is 0 Å². The van der Waals surface area contributed by atoms with Crippen LogP contribution in [0.4, 0.5) is 11.4 Å². The minimum atomic E-state index is -0.247. The third-order valence-electron chi connectivity index (χ3n) is 3.54. The van der Waals surface area contributed by atoms with Gasteiger partial charge in [0.2, 0.25) is 0 Å². The Kier molecular flexibility index (Phi) is 5.97. The first-order valence-corrected chi connectivity index (χ1v) is 7.93. The van der Waals surface area contributed by atoms with E-state index in [1.165, 1.54) is 0 Å². The molecule has 1 heterocycles. The normalized spacial score (nSPS) is 10.2. The molecule has 0 atom stereocenters. The maximum atomic E-state index is 12.3. The van der Waals surface area contributed by atoms with Crippen LogP contribution in [-0.4, -0.2) is 30.6 Å². The average Bonchev–Trinajstić information content (AvgIpc) is 2.58. The second-order valence-corrected chi connectivity index (χ2v) is 4.96. The van der Waals surface area contributed by atoms with Crippen molar-refractivity contribution in [2.75, 3.05) is 29.9 Å². The number of carbonyl (C=O) groups excluding carboxylic acids is 1. The molecule has 2 aromatic rings. The van der Waals surface area contributed by atoms with E-state index < -0.39 is 0 Å². The van der Waals surface area contributed by atoms with Crippen LogP contribution in [-0.2, 0) is 0 Å². The third-order valence-corrected chi connectivity index (χ3v) is 3.54. The zero-order valence-electron chi connectivity index (χ0n) is 13.9. The van der Waals surface area contributed by atoms with Gasteiger partial charge in [0.05, 0.1) is 24.2 Å². The van der Waals surface area contributed by atoms with Gasteiger partial charge in [0.25, 0.3) is 5.91 Å². The van der Waals surface area contributed by atoms with Gasteiger partial charge in [-0.3, -0.25) is 4.79 Å². The molecule has 5 nitrogen and oxygen atoms in total. The number of carbonyl (C=O) groups is 1. The smallest absolute Gasteiger partial charge is 0.274 e. The van der Waals surface area contributed by atoms with Crippen molar-refractivity contribution in [3.8, 4) is 5.75 Å². The molecule has 23 heavy (non-hydrogen) atoms. The minimum Gasteiger partial charge on any atom is -0.492 e. The molecule has 0 aliphatic carbocycles. The number of hydrogen-bond acceptors (Lipinski definition) is 4. The van der Waals surface area contributed by atoms with Gasteiger partial charge in [-0.15, -0.1) is 0 Å². The predicted octanol–water partition coefficient (Wildman–Crippen LogP) is 3.58. The molecule has 1 aromatic carbocycles. The molecule has 0 fully saturated rings. The maximum Gasteiger partial charge on any atom is 0.274 e. The molecule has 5 heteroatoms.